The number of rotatable bonds is 3. The van der Waals surface area contributed by atoms with E-state index in [1.165, 1.54) is 18.2 Å². The molecule has 3 nitrogen and oxygen atoms in total. The lowest BCUT2D eigenvalue weighted by Crippen LogP contribution is -2.58. The minimum absolute atomic E-state index is 0.166. The third-order valence-electron chi connectivity index (χ3n) is 4.17. The average Bonchev–Trinajstić information content (AvgIpc) is 2.51. The maximum Gasteiger partial charge on any atom is 0.413 e. The highest BCUT2D eigenvalue weighted by atomic mass is 35.5. The summed E-state index contributed by atoms with van der Waals surface area (Å²) in [7, 11) is -4.11. The molecule has 2 unspecified atom stereocenters. The Morgan fingerprint density at radius 2 is 1.73 bits per heavy atom. The van der Waals surface area contributed by atoms with Crippen LogP contribution in [0.3, 0.4) is 0 Å². The van der Waals surface area contributed by atoms with Crippen LogP contribution in [0.25, 0.3) is 0 Å². The van der Waals surface area contributed by atoms with E-state index in [4.69, 9.17) is 11.6 Å². The summed E-state index contributed by atoms with van der Waals surface area (Å²) in [6.07, 6.45) is -0.178. The van der Waals surface area contributed by atoms with Crippen LogP contribution in [0, 0.1) is 6.08 Å². The van der Waals surface area contributed by atoms with Crippen molar-refractivity contribution in [2.45, 2.75) is 28.3 Å². The standard InChI is InChI=1S/C16H12ClF5NO2S/c17-13-3-1-2-12(16(20,21)22)14(13)10-4-6-11(7-5-10)26(24,25)23-8-15(18,19)9-23/h2-7,13-14H,8-9H2. The molecule has 10 heteroatoms. The number of sulfonamides is 1. The van der Waals surface area contributed by atoms with Gasteiger partial charge in [-0.2, -0.15) is 17.5 Å². The monoisotopic (exact) mass is 412 g/mol. The molecule has 0 amide bonds. The molecule has 1 aliphatic carbocycles. The van der Waals surface area contributed by atoms with Crippen molar-refractivity contribution >= 4 is 21.6 Å². The van der Waals surface area contributed by atoms with E-state index >= 15 is 0 Å². The Bertz CT molecular complexity index is 854. The maximum atomic E-state index is 13.2. The molecule has 1 radical (unpaired) electrons. The van der Waals surface area contributed by atoms with Gasteiger partial charge in [-0.3, -0.25) is 0 Å². The fraction of sp³-hybridized carbons (Fsp3) is 0.375. The molecule has 141 valence electrons. The van der Waals surface area contributed by atoms with Gasteiger partial charge >= 0.3 is 6.18 Å². The number of nitrogens with zero attached hydrogens (tertiary/aromatic N) is 1. The van der Waals surface area contributed by atoms with Gasteiger partial charge in [0.2, 0.25) is 10.0 Å². The predicted molar refractivity (Wildman–Crippen MR) is 84.5 cm³/mol. The minimum atomic E-state index is -4.62. The molecule has 1 heterocycles. The number of halogens is 6. The van der Waals surface area contributed by atoms with Crippen LogP contribution in [0.15, 0.2) is 46.9 Å². The molecule has 0 bridgehead atoms. The van der Waals surface area contributed by atoms with Gasteiger partial charge in [-0.05, 0) is 29.8 Å². The summed E-state index contributed by atoms with van der Waals surface area (Å²) in [5.41, 5.74) is -0.725. The molecular formula is C16H12ClF5NO2S. The molecule has 2 atom stereocenters. The second-order valence-electron chi connectivity index (χ2n) is 6.05. The molecular weight excluding hydrogens is 401 g/mol. The Hall–Kier alpha value is -1.45. The first kappa shape index (κ1) is 19.3. The average molecular weight is 413 g/mol. The molecule has 0 saturated carbocycles. The third-order valence-corrected chi connectivity index (χ3v) is 6.35. The fourth-order valence-electron chi connectivity index (χ4n) is 2.84. The Morgan fingerprint density at radius 1 is 1.15 bits per heavy atom. The van der Waals surface area contributed by atoms with Gasteiger partial charge in [0.1, 0.15) is 0 Å². The normalized spacial score (nSPS) is 26.3. The Morgan fingerprint density at radius 3 is 2.23 bits per heavy atom. The van der Waals surface area contributed by atoms with Gasteiger partial charge in [-0.25, -0.2) is 17.2 Å². The second-order valence-corrected chi connectivity index (χ2v) is 8.49. The van der Waals surface area contributed by atoms with Crippen molar-refractivity contribution in [1.29, 1.82) is 0 Å². The summed E-state index contributed by atoms with van der Waals surface area (Å²) in [6.45, 7) is -1.82. The number of benzene rings is 1. The molecule has 1 aromatic rings. The summed E-state index contributed by atoms with van der Waals surface area (Å²) in [5, 5.41) is -1.01. The summed E-state index contributed by atoms with van der Waals surface area (Å²) in [5.74, 6) is -4.28. The van der Waals surface area contributed by atoms with E-state index in [0.29, 0.717) is 4.31 Å². The first-order valence-electron chi connectivity index (χ1n) is 7.40. The summed E-state index contributed by atoms with van der Waals surface area (Å²) < 4.78 is 90.5. The van der Waals surface area contributed by atoms with Gasteiger partial charge in [0.05, 0.1) is 23.4 Å². The van der Waals surface area contributed by atoms with E-state index in [1.807, 2.05) is 0 Å². The third kappa shape index (κ3) is 3.52. The molecule has 0 spiro atoms. The zero-order valence-electron chi connectivity index (χ0n) is 13.0. The number of hydrogen-bond donors (Lipinski definition) is 0. The van der Waals surface area contributed by atoms with Crippen LogP contribution < -0.4 is 0 Å². The van der Waals surface area contributed by atoms with Crippen molar-refractivity contribution in [2.75, 3.05) is 13.1 Å². The number of alkyl halides is 6. The largest absolute Gasteiger partial charge is 0.413 e. The van der Waals surface area contributed by atoms with Crippen LogP contribution in [0.4, 0.5) is 22.0 Å². The van der Waals surface area contributed by atoms with E-state index < -0.39 is 52.1 Å². The van der Waals surface area contributed by atoms with Crippen LogP contribution in [0.1, 0.15) is 11.5 Å². The van der Waals surface area contributed by atoms with Crippen molar-refractivity contribution in [3.05, 3.63) is 53.6 Å². The molecule has 2 aliphatic rings. The summed E-state index contributed by atoms with van der Waals surface area (Å²) in [6, 6.07) is 4.62. The molecule has 0 N–H and O–H groups in total. The van der Waals surface area contributed by atoms with Crippen LogP contribution >= 0.6 is 11.6 Å². The lowest BCUT2D eigenvalue weighted by Gasteiger charge is -2.37. The molecule has 0 aromatic heterocycles. The van der Waals surface area contributed by atoms with Crippen LogP contribution in [0.2, 0.25) is 0 Å². The van der Waals surface area contributed by atoms with Crippen molar-refractivity contribution < 1.29 is 30.4 Å². The Labute approximate surface area is 151 Å². The van der Waals surface area contributed by atoms with Crippen LogP contribution in [-0.2, 0) is 10.0 Å². The van der Waals surface area contributed by atoms with Gasteiger partial charge in [0.25, 0.3) is 5.92 Å². The first-order valence-corrected chi connectivity index (χ1v) is 9.28. The van der Waals surface area contributed by atoms with E-state index in [2.05, 4.69) is 6.08 Å². The smallest absolute Gasteiger partial charge is 0.207 e. The molecule has 1 aliphatic heterocycles. The van der Waals surface area contributed by atoms with E-state index in [-0.39, 0.29) is 10.5 Å². The Balaban J connectivity index is 1.88. The van der Waals surface area contributed by atoms with E-state index in [0.717, 1.165) is 18.2 Å². The van der Waals surface area contributed by atoms with Gasteiger partial charge < -0.3 is 0 Å². The van der Waals surface area contributed by atoms with E-state index in [1.54, 1.807) is 0 Å². The maximum absolute atomic E-state index is 13.2. The van der Waals surface area contributed by atoms with Crippen molar-refractivity contribution in [3.8, 4) is 0 Å². The molecule has 1 fully saturated rings. The van der Waals surface area contributed by atoms with Crippen molar-refractivity contribution in [1.82, 2.24) is 4.31 Å². The van der Waals surface area contributed by atoms with Crippen LogP contribution in [-0.4, -0.2) is 43.3 Å². The van der Waals surface area contributed by atoms with Crippen LogP contribution in [0.5, 0.6) is 0 Å². The number of allylic oxidation sites excluding steroid dienone is 4. The molecule has 1 aromatic carbocycles. The summed E-state index contributed by atoms with van der Waals surface area (Å²) >= 11 is 5.99. The first-order chi connectivity index (χ1) is 11.9. The summed E-state index contributed by atoms with van der Waals surface area (Å²) in [4.78, 5) is -0.265. The second kappa shape index (κ2) is 6.31. The van der Waals surface area contributed by atoms with Gasteiger partial charge in [0.15, 0.2) is 0 Å². The molecule has 26 heavy (non-hydrogen) atoms. The lowest BCUT2D eigenvalue weighted by atomic mass is 9.84. The highest BCUT2D eigenvalue weighted by Gasteiger charge is 2.50. The minimum Gasteiger partial charge on any atom is -0.207 e. The van der Waals surface area contributed by atoms with E-state index in [9.17, 15) is 30.4 Å². The van der Waals surface area contributed by atoms with Crippen molar-refractivity contribution in [2.24, 2.45) is 0 Å². The van der Waals surface area contributed by atoms with Crippen molar-refractivity contribution in [3.63, 3.8) is 0 Å². The Kier molecular flexibility index (Phi) is 4.69. The fourth-order valence-corrected chi connectivity index (χ4v) is 4.69. The highest BCUT2D eigenvalue weighted by Crippen LogP contribution is 2.43. The quantitative estimate of drug-likeness (QED) is 0.558. The SMILES string of the molecule is O=S(=O)(c1ccc(C2C(C(F)(F)F)=C[C]=CC2Cl)cc1)N1CC(F)(F)C1. The van der Waals surface area contributed by atoms with Gasteiger partial charge in [-0.15, -0.1) is 11.6 Å². The topological polar surface area (TPSA) is 37.4 Å². The lowest BCUT2D eigenvalue weighted by molar-refractivity contribution is -0.0961. The molecule has 1 saturated heterocycles. The molecule has 3 rings (SSSR count). The predicted octanol–water partition coefficient (Wildman–Crippen LogP) is 3.88. The zero-order chi connectivity index (χ0) is 19.3. The zero-order valence-corrected chi connectivity index (χ0v) is 14.5. The van der Waals surface area contributed by atoms with Gasteiger partial charge in [-0.1, -0.05) is 18.2 Å². The number of hydrogen-bond acceptors (Lipinski definition) is 2. The highest BCUT2D eigenvalue weighted by molar-refractivity contribution is 7.89. The van der Waals surface area contributed by atoms with Gasteiger partial charge in [0, 0.05) is 11.5 Å².